The maximum Gasteiger partial charge on any atom is 0.408 e. The molecule has 2 aliphatic carbocycles. The van der Waals surface area contributed by atoms with Crippen LogP contribution in [0.25, 0.3) is 10.8 Å². The molecule has 51 heavy (non-hydrogen) atoms. The van der Waals surface area contributed by atoms with Crippen LogP contribution in [-0.2, 0) is 33.9 Å². The van der Waals surface area contributed by atoms with E-state index in [1.165, 1.54) is 4.90 Å². The fourth-order valence-electron chi connectivity index (χ4n) is 6.52. The second-order valence-electron chi connectivity index (χ2n) is 14.5. The van der Waals surface area contributed by atoms with Gasteiger partial charge in [-0.15, -0.1) is 0 Å². The lowest BCUT2D eigenvalue weighted by molar-refractivity contribution is -0.141. The molecule has 0 bridgehead atoms. The van der Waals surface area contributed by atoms with Gasteiger partial charge in [0.25, 0.3) is 5.91 Å². The summed E-state index contributed by atoms with van der Waals surface area (Å²) in [5.74, 6) is -1.57. The lowest BCUT2D eigenvalue weighted by Crippen LogP contribution is -2.58. The zero-order chi connectivity index (χ0) is 36.6. The number of carbonyl (C=O) groups is 4. The van der Waals surface area contributed by atoms with Crippen molar-refractivity contribution in [3.05, 3.63) is 42.6 Å². The highest BCUT2D eigenvalue weighted by Crippen LogP contribution is 2.46. The predicted octanol–water partition coefficient (Wildman–Crippen LogP) is 2.33. The average molecular weight is 728 g/mol. The van der Waals surface area contributed by atoms with Crippen LogP contribution in [0.15, 0.2) is 42.6 Å². The first-order valence-electron chi connectivity index (χ1n) is 17.2. The van der Waals surface area contributed by atoms with Crippen molar-refractivity contribution in [2.24, 2.45) is 5.92 Å². The number of hydrogen-bond acceptors (Lipinski definition) is 11. The maximum atomic E-state index is 14.3. The molecule has 1 aromatic heterocycles. The monoisotopic (exact) mass is 727 g/mol. The van der Waals surface area contributed by atoms with E-state index in [-0.39, 0.29) is 39.0 Å². The van der Waals surface area contributed by atoms with Gasteiger partial charge < -0.3 is 34.5 Å². The Labute approximate surface area is 296 Å². The molecule has 1 aromatic carbocycles. The first-order valence-corrected chi connectivity index (χ1v) is 18.8. The molecule has 16 heteroatoms. The summed E-state index contributed by atoms with van der Waals surface area (Å²) in [4.78, 5) is 60.9. The maximum absolute atomic E-state index is 14.3. The van der Waals surface area contributed by atoms with Crippen molar-refractivity contribution in [3.8, 4) is 11.6 Å². The Hall–Kier alpha value is -4.44. The number of nitrogens with one attached hydrogen (secondary N) is 3. The fourth-order valence-corrected chi connectivity index (χ4v) is 7.88. The molecule has 4 aliphatic rings. The Morgan fingerprint density at radius 2 is 1.92 bits per heavy atom. The summed E-state index contributed by atoms with van der Waals surface area (Å²) in [5.41, 5.74) is -2.37. The van der Waals surface area contributed by atoms with E-state index in [1.807, 2.05) is 18.2 Å². The normalized spacial score (nSPS) is 27.9. The van der Waals surface area contributed by atoms with Crippen molar-refractivity contribution in [2.75, 3.05) is 26.9 Å². The van der Waals surface area contributed by atoms with E-state index in [0.717, 1.165) is 5.39 Å². The molecule has 5 atom stereocenters. The summed E-state index contributed by atoms with van der Waals surface area (Å²) in [6.45, 7) is 5.55. The highest BCUT2D eigenvalue weighted by Gasteiger charge is 2.62. The highest BCUT2D eigenvalue weighted by atomic mass is 32.2. The van der Waals surface area contributed by atoms with Gasteiger partial charge in [0.1, 0.15) is 35.1 Å². The van der Waals surface area contributed by atoms with Gasteiger partial charge in [-0.25, -0.2) is 18.2 Å². The van der Waals surface area contributed by atoms with Crippen molar-refractivity contribution >= 4 is 44.6 Å². The minimum absolute atomic E-state index is 0.0344. The van der Waals surface area contributed by atoms with Crippen LogP contribution >= 0.6 is 0 Å². The summed E-state index contributed by atoms with van der Waals surface area (Å²) in [6, 6.07) is 5.03. The van der Waals surface area contributed by atoms with E-state index in [9.17, 15) is 27.6 Å². The first kappa shape index (κ1) is 36.4. The summed E-state index contributed by atoms with van der Waals surface area (Å²) in [5, 5.41) is 6.37. The highest BCUT2D eigenvalue weighted by molar-refractivity contribution is 7.91. The summed E-state index contributed by atoms with van der Waals surface area (Å²) in [6.07, 6.45) is 5.26. The largest absolute Gasteiger partial charge is 0.497 e. The van der Waals surface area contributed by atoms with E-state index in [1.54, 1.807) is 52.3 Å². The van der Waals surface area contributed by atoms with Crippen molar-refractivity contribution < 1.29 is 46.5 Å². The smallest absolute Gasteiger partial charge is 0.408 e. The number of aromatic nitrogens is 1. The lowest BCUT2D eigenvalue weighted by Gasteiger charge is -2.30. The van der Waals surface area contributed by atoms with Crippen LogP contribution in [0.3, 0.4) is 0 Å². The third-order valence-electron chi connectivity index (χ3n) is 9.38. The molecule has 0 spiro atoms. The number of hydrogen-bond donors (Lipinski definition) is 3. The van der Waals surface area contributed by atoms with E-state index in [0.29, 0.717) is 36.3 Å². The minimum Gasteiger partial charge on any atom is -0.497 e. The fraction of sp³-hybridized carbons (Fsp3) is 0.571. The third-order valence-corrected chi connectivity index (χ3v) is 11.2. The van der Waals surface area contributed by atoms with E-state index in [2.05, 4.69) is 20.3 Å². The summed E-state index contributed by atoms with van der Waals surface area (Å²) < 4.78 is 50.6. The van der Waals surface area contributed by atoms with Gasteiger partial charge in [-0.05, 0) is 82.5 Å². The average Bonchev–Trinajstić information content (AvgIpc) is 3.99. The van der Waals surface area contributed by atoms with Crippen LogP contribution in [0.1, 0.15) is 59.3 Å². The van der Waals surface area contributed by atoms with Crippen molar-refractivity contribution in [2.45, 2.75) is 93.9 Å². The minimum atomic E-state index is -3.91. The zero-order valence-electron chi connectivity index (χ0n) is 29.2. The molecule has 3 heterocycles. The van der Waals surface area contributed by atoms with Crippen LogP contribution in [0.2, 0.25) is 0 Å². The number of benzene rings is 1. The van der Waals surface area contributed by atoms with Crippen LogP contribution in [0, 0.1) is 5.92 Å². The van der Waals surface area contributed by atoms with Gasteiger partial charge in [0.15, 0.2) is 0 Å². The molecule has 3 N–H and O–H groups in total. The van der Waals surface area contributed by atoms with Crippen LogP contribution in [0.5, 0.6) is 11.6 Å². The van der Waals surface area contributed by atoms with Gasteiger partial charge in [-0.1, -0.05) is 12.2 Å². The number of fused-ring (bicyclic) bond motifs is 3. The molecule has 4 amide bonds. The second-order valence-corrected chi connectivity index (χ2v) is 16.4. The molecule has 0 radical (unpaired) electrons. The van der Waals surface area contributed by atoms with Gasteiger partial charge in [0.05, 0.1) is 25.5 Å². The Kier molecular flexibility index (Phi) is 10.2. The van der Waals surface area contributed by atoms with Crippen LogP contribution in [-0.4, -0.2) is 104 Å². The van der Waals surface area contributed by atoms with Gasteiger partial charge in [-0.3, -0.25) is 19.1 Å². The van der Waals surface area contributed by atoms with Gasteiger partial charge in [-0.2, -0.15) is 0 Å². The number of methoxy groups -OCH3 is 1. The van der Waals surface area contributed by atoms with Gasteiger partial charge in [0, 0.05) is 30.5 Å². The molecule has 2 aromatic rings. The number of pyridine rings is 1. The number of amides is 4. The first-order chi connectivity index (χ1) is 24.2. The molecule has 6 rings (SSSR count). The molecule has 1 saturated heterocycles. The topological polar surface area (TPSA) is 192 Å². The van der Waals surface area contributed by atoms with Crippen LogP contribution < -0.4 is 24.8 Å². The molecule has 2 unspecified atom stereocenters. The van der Waals surface area contributed by atoms with E-state index in [4.69, 9.17) is 18.9 Å². The van der Waals surface area contributed by atoms with Gasteiger partial charge >= 0.3 is 6.09 Å². The Morgan fingerprint density at radius 3 is 2.65 bits per heavy atom. The quantitative estimate of drug-likeness (QED) is 0.355. The van der Waals surface area contributed by atoms with Crippen molar-refractivity contribution in [1.29, 1.82) is 0 Å². The molecular formula is C35H45N5O10S. The standard InChI is InChI=1S/C35H45N5O10S/c1-34(2,3)50-33(44)37-27-8-6-16-48-15-5-7-22-19-35(22,32(43)39-51(45,46)25-10-11-25)38-29(41)28-18-24(20-40(28)31(27)42)49-30-26-12-9-23(47-4)17-21(26)13-14-36-30/h5,7,9,12-14,17,22,24-25,27-28H,6,8,10-11,15-16,18-20H2,1-4H3,(H,37,44)(H,38,41)(H,39,43)/b7-5-/t22?,24?,27-,28-,35+/m0/s1. The number of carbonyl (C=O) groups excluding carboxylic acids is 4. The van der Waals surface area contributed by atoms with Crippen molar-refractivity contribution in [3.63, 3.8) is 0 Å². The second kappa shape index (κ2) is 14.3. The molecule has 276 valence electrons. The van der Waals surface area contributed by atoms with E-state index < -0.39 is 74.3 Å². The van der Waals surface area contributed by atoms with Crippen molar-refractivity contribution in [1.82, 2.24) is 25.2 Å². The number of rotatable bonds is 7. The molecule has 15 nitrogen and oxygen atoms in total. The summed E-state index contributed by atoms with van der Waals surface area (Å²) in [7, 11) is -2.34. The third kappa shape index (κ3) is 8.38. The zero-order valence-corrected chi connectivity index (χ0v) is 30.0. The summed E-state index contributed by atoms with van der Waals surface area (Å²) >= 11 is 0. The van der Waals surface area contributed by atoms with Gasteiger partial charge in [0.2, 0.25) is 27.7 Å². The predicted molar refractivity (Wildman–Crippen MR) is 184 cm³/mol. The lowest BCUT2D eigenvalue weighted by atomic mass is 10.1. The Bertz CT molecular complexity index is 1820. The Balaban J connectivity index is 1.30. The number of ether oxygens (including phenoxy) is 4. The molecule has 2 saturated carbocycles. The number of alkyl carbamates (subject to hydrolysis) is 1. The number of nitrogens with zero attached hydrogens (tertiary/aromatic N) is 2. The molecular weight excluding hydrogens is 682 g/mol. The van der Waals surface area contributed by atoms with E-state index >= 15 is 0 Å². The molecule has 3 fully saturated rings. The number of sulfonamides is 1. The Morgan fingerprint density at radius 1 is 1.14 bits per heavy atom. The SMILES string of the molecule is COc1ccc2c(OC3C[C@H]4C(=O)N[C@]5(C(=O)NS(=O)(=O)C6CC6)CC5/C=C\COCCC[C@H](NC(=O)OC(C)(C)C)C(=O)N4C3)nccc2c1. The molecule has 2 aliphatic heterocycles. The van der Waals surface area contributed by atoms with Crippen LogP contribution in [0.4, 0.5) is 4.79 Å².